The number of ether oxygens (including phenoxy) is 1. The second kappa shape index (κ2) is 8.53. The molecule has 0 aliphatic heterocycles. The van der Waals surface area contributed by atoms with Gasteiger partial charge in [0.15, 0.2) is 0 Å². The average Bonchev–Trinajstić information content (AvgIpc) is 3.25. The highest BCUT2D eigenvalue weighted by atomic mass is 35.5. The van der Waals surface area contributed by atoms with Crippen molar-refractivity contribution < 1.29 is 37.4 Å². The van der Waals surface area contributed by atoms with E-state index < -0.39 is 60.6 Å². The van der Waals surface area contributed by atoms with Crippen molar-refractivity contribution in [1.29, 1.82) is 0 Å². The van der Waals surface area contributed by atoms with Crippen molar-refractivity contribution in [2.24, 2.45) is 12.5 Å². The van der Waals surface area contributed by atoms with Gasteiger partial charge in [-0.05, 0) is 42.2 Å². The first-order valence-electron chi connectivity index (χ1n) is 10.4. The normalized spacial score (nSPS) is 19.6. The molecule has 1 fully saturated rings. The van der Waals surface area contributed by atoms with E-state index in [1.165, 1.54) is 12.1 Å². The van der Waals surface area contributed by atoms with E-state index in [9.17, 15) is 32.7 Å². The first kappa shape index (κ1) is 23.9. The molecule has 2 aliphatic carbocycles. The number of aryl methyl sites for hydroxylation is 1. The molecule has 1 atom stereocenters. The van der Waals surface area contributed by atoms with Gasteiger partial charge in [0.05, 0.1) is 11.1 Å². The quantitative estimate of drug-likeness (QED) is 0.549. The van der Waals surface area contributed by atoms with Crippen LogP contribution in [0.3, 0.4) is 0 Å². The lowest BCUT2D eigenvalue weighted by atomic mass is 9.66. The molecule has 2 aliphatic rings. The fourth-order valence-corrected chi connectivity index (χ4v) is 4.74. The molecule has 1 unspecified atom stereocenters. The van der Waals surface area contributed by atoms with E-state index >= 15 is 0 Å². The van der Waals surface area contributed by atoms with Crippen LogP contribution in [0.4, 0.5) is 23.7 Å². The van der Waals surface area contributed by atoms with Crippen molar-refractivity contribution >= 4 is 35.3 Å². The van der Waals surface area contributed by atoms with Gasteiger partial charge in [-0.1, -0.05) is 11.6 Å². The van der Waals surface area contributed by atoms with Crippen LogP contribution in [0.1, 0.15) is 46.9 Å². The Kier molecular flexibility index (Phi) is 6.01. The van der Waals surface area contributed by atoms with Gasteiger partial charge >= 0.3 is 12.1 Å². The molecule has 1 saturated carbocycles. The molecule has 34 heavy (non-hydrogen) atoms. The summed E-state index contributed by atoms with van der Waals surface area (Å²) < 4.78 is 46.4. The van der Waals surface area contributed by atoms with Gasteiger partial charge in [-0.25, -0.2) is 18.0 Å². The Balaban J connectivity index is 1.41. The first-order valence-corrected chi connectivity index (χ1v) is 10.8. The maximum atomic E-state index is 13.4. The molecule has 4 rings (SSSR count). The predicted molar refractivity (Wildman–Crippen MR) is 115 cm³/mol. The van der Waals surface area contributed by atoms with Crippen LogP contribution in [-0.4, -0.2) is 40.2 Å². The summed E-state index contributed by atoms with van der Waals surface area (Å²) >= 11 is 5.76. The van der Waals surface area contributed by atoms with Crippen LogP contribution in [0.15, 0.2) is 24.4 Å². The summed E-state index contributed by atoms with van der Waals surface area (Å²) in [4.78, 5) is 36.5. The zero-order valence-electron chi connectivity index (χ0n) is 18.0. The second-order valence-electron chi connectivity index (χ2n) is 8.71. The van der Waals surface area contributed by atoms with Gasteiger partial charge in [-0.2, -0.15) is 0 Å². The van der Waals surface area contributed by atoms with E-state index in [1.807, 2.05) is 0 Å². The highest BCUT2D eigenvalue weighted by Crippen LogP contribution is 2.52. The van der Waals surface area contributed by atoms with Crippen LogP contribution in [0.5, 0.6) is 0 Å². The minimum Gasteiger partial charge on any atom is -0.481 e. The maximum absolute atomic E-state index is 13.4. The van der Waals surface area contributed by atoms with Crippen LogP contribution in [0.2, 0.25) is 5.02 Å². The zero-order chi connectivity index (χ0) is 24.8. The van der Waals surface area contributed by atoms with E-state index in [4.69, 9.17) is 16.3 Å². The highest BCUT2D eigenvalue weighted by molar-refractivity contribution is 6.31. The molecular weight excluding hydrogens is 479 g/mol. The number of nitrogens with zero attached hydrogens (tertiary/aromatic N) is 1. The summed E-state index contributed by atoms with van der Waals surface area (Å²) in [5, 5.41) is 14.4. The van der Waals surface area contributed by atoms with Crippen molar-refractivity contribution in [3.8, 4) is 0 Å². The van der Waals surface area contributed by atoms with E-state index in [0.717, 1.165) is 6.07 Å². The number of benzene rings is 1. The van der Waals surface area contributed by atoms with Crippen molar-refractivity contribution in [2.45, 2.75) is 37.6 Å². The third-order valence-corrected chi connectivity index (χ3v) is 6.48. The Bertz CT molecular complexity index is 1170. The SMILES string of the molecule is Cn1cc2c(c1C(=O)Nc1ccc(F)c(Cl)c1)CCC2NC(=O)OCC1(C(=O)O)CC(F)(F)C1. The molecule has 12 heteroatoms. The highest BCUT2D eigenvalue weighted by Gasteiger charge is 2.62. The number of hydrogen-bond acceptors (Lipinski definition) is 4. The number of aliphatic carboxylic acids is 1. The molecule has 3 N–H and O–H groups in total. The average molecular weight is 500 g/mol. The Labute approximate surface area is 197 Å². The minimum absolute atomic E-state index is 0.131. The molecule has 0 saturated heterocycles. The number of alkyl halides is 2. The monoisotopic (exact) mass is 499 g/mol. The second-order valence-corrected chi connectivity index (χ2v) is 9.12. The van der Waals surface area contributed by atoms with Crippen LogP contribution < -0.4 is 10.6 Å². The predicted octanol–water partition coefficient (Wildman–Crippen LogP) is 4.28. The zero-order valence-corrected chi connectivity index (χ0v) is 18.7. The van der Waals surface area contributed by atoms with Crippen molar-refractivity contribution in [3.05, 3.63) is 52.1 Å². The number of carbonyl (C=O) groups is 3. The lowest BCUT2D eigenvalue weighted by Crippen LogP contribution is -2.54. The minimum atomic E-state index is -3.08. The van der Waals surface area contributed by atoms with Crippen molar-refractivity contribution in [1.82, 2.24) is 9.88 Å². The molecule has 8 nitrogen and oxygen atoms in total. The lowest BCUT2D eigenvalue weighted by Gasteiger charge is -2.43. The van der Waals surface area contributed by atoms with E-state index in [0.29, 0.717) is 35.3 Å². The Morgan fingerprint density at radius 1 is 1.29 bits per heavy atom. The Morgan fingerprint density at radius 3 is 2.62 bits per heavy atom. The largest absolute Gasteiger partial charge is 0.481 e. The van der Waals surface area contributed by atoms with Gasteiger partial charge in [0, 0.05) is 31.8 Å². The molecule has 2 amide bonds. The molecule has 0 spiro atoms. The van der Waals surface area contributed by atoms with Gasteiger partial charge in [-0.15, -0.1) is 0 Å². The Morgan fingerprint density at radius 2 is 2.00 bits per heavy atom. The number of rotatable bonds is 6. The third-order valence-electron chi connectivity index (χ3n) is 6.19. The number of nitrogens with one attached hydrogen (secondary N) is 2. The topological polar surface area (TPSA) is 110 Å². The number of alkyl carbamates (subject to hydrolysis) is 1. The van der Waals surface area contributed by atoms with E-state index in [1.54, 1.807) is 17.8 Å². The number of fused-ring (bicyclic) bond motifs is 1. The van der Waals surface area contributed by atoms with Crippen LogP contribution in [0, 0.1) is 11.2 Å². The van der Waals surface area contributed by atoms with Crippen LogP contribution >= 0.6 is 11.6 Å². The number of carbonyl (C=O) groups excluding carboxylic acids is 2. The van der Waals surface area contributed by atoms with Crippen LogP contribution in [-0.2, 0) is 23.0 Å². The van der Waals surface area contributed by atoms with E-state index in [-0.39, 0.29) is 5.02 Å². The number of amides is 2. The molecule has 0 radical (unpaired) electrons. The lowest BCUT2D eigenvalue weighted by molar-refractivity contribution is -0.201. The summed E-state index contributed by atoms with van der Waals surface area (Å²) in [5.41, 5.74) is 0.276. The number of anilines is 1. The summed E-state index contributed by atoms with van der Waals surface area (Å²) in [6.45, 7) is -0.661. The van der Waals surface area contributed by atoms with Crippen LogP contribution in [0.25, 0.3) is 0 Å². The van der Waals surface area contributed by atoms with E-state index in [2.05, 4.69) is 10.6 Å². The number of carboxylic acid groups (broad SMARTS) is 1. The van der Waals surface area contributed by atoms with Gasteiger partial charge in [0.1, 0.15) is 23.5 Å². The summed E-state index contributed by atoms with van der Waals surface area (Å²) in [5.74, 6) is -5.57. The molecule has 0 bridgehead atoms. The molecular formula is C22H21ClF3N3O5. The molecule has 1 heterocycles. The number of aromatic nitrogens is 1. The summed E-state index contributed by atoms with van der Waals surface area (Å²) in [6, 6.07) is 3.31. The smallest absolute Gasteiger partial charge is 0.407 e. The summed E-state index contributed by atoms with van der Waals surface area (Å²) in [6.07, 6.45) is -0.0702. The molecule has 1 aromatic heterocycles. The van der Waals surface area contributed by atoms with Gasteiger partial charge < -0.3 is 25.0 Å². The van der Waals surface area contributed by atoms with Gasteiger partial charge in [0.25, 0.3) is 11.8 Å². The van der Waals surface area contributed by atoms with Gasteiger partial charge in [0.2, 0.25) is 0 Å². The number of hydrogen-bond donors (Lipinski definition) is 3. The fourth-order valence-electron chi connectivity index (χ4n) is 4.56. The fraction of sp³-hybridized carbons (Fsp3) is 0.409. The number of halogens is 4. The first-order chi connectivity index (χ1) is 15.9. The number of carboxylic acids is 1. The summed E-state index contributed by atoms with van der Waals surface area (Å²) in [7, 11) is 1.66. The Hall–Kier alpha value is -3.21. The third kappa shape index (κ3) is 4.44. The molecule has 2 aromatic rings. The molecule has 1 aromatic carbocycles. The molecule has 182 valence electrons. The van der Waals surface area contributed by atoms with Crippen molar-refractivity contribution in [3.63, 3.8) is 0 Å². The van der Waals surface area contributed by atoms with Gasteiger partial charge in [-0.3, -0.25) is 9.59 Å². The van der Waals surface area contributed by atoms with Crippen molar-refractivity contribution in [2.75, 3.05) is 11.9 Å². The maximum Gasteiger partial charge on any atom is 0.407 e. The standard InChI is InChI=1S/C22H21ClF3N3O5/c1-29-7-13-12(17(29)18(30)27-11-2-4-15(24)14(23)6-11)3-5-16(13)28-20(33)34-10-21(19(31)32)8-22(25,26)9-21/h2,4,6-7,16H,3,5,8-10H2,1H3,(H,27,30)(H,28,33)(H,31,32).